The summed E-state index contributed by atoms with van der Waals surface area (Å²) in [6.07, 6.45) is -1.97. The first-order valence-electron chi connectivity index (χ1n) is 15.7. The lowest BCUT2D eigenvalue weighted by atomic mass is 9.83. The van der Waals surface area contributed by atoms with E-state index >= 15 is 0 Å². The van der Waals surface area contributed by atoms with Crippen LogP contribution in [0.3, 0.4) is 0 Å². The van der Waals surface area contributed by atoms with Crippen LogP contribution in [-0.4, -0.2) is 109 Å². The molecule has 2 aliphatic heterocycles. The van der Waals surface area contributed by atoms with Crippen LogP contribution in [0.15, 0.2) is 30.5 Å². The third-order valence-corrected chi connectivity index (χ3v) is 9.50. The first-order chi connectivity index (χ1) is 21.5. The van der Waals surface area contributed by atoms with Crippen molar-refractivity contribution in [2.24, 2.45) is 5.41 Å². The molecule has 1 atom stereocenters. The number of nitrogens with one attached hydrogen (secondary N) is 1. The van der Waals surface area contributed by atoms with Crippen LogP contribution < -0.4 is 15.0 Å². The second kappa shape index (κ2) is 13.1. The molecule has 10 nitrogen and oxygen atoms in total. The number of amides is 2. The molecule has 2 saturated heterocycles. The lowest BCUT2D eigenvalue weighted by Gasteiger charge is -2.47. The van der Waals surface area contributed by atoms with Crippen LogP contribution in [0.5, 0.6) is 5.88 Å². The highest BCUT2D eigenvalue weighted by Gasteiger charge is 2.62. The summed E-state index contributed by atoms with van der Waals surface area (Å²) in [6, 6.07) is 6.90. The summed E-state index contributed by atoms with van der Waals surface area (Å²) in [5.41, 5.74) is -0.943. The van der Waals surface area contributed by atoms with Gasteiger partial charge in [0.15, 0.2) is 5.69 Å². The Morgan fingerprint density at radius 2 is 1.84 bits per heavy atom. The van der Waals surface area contributed by atoms with E-state index in [4.69, 9.17) is 14.5 Å². The fourth-order valence-electron chi connectivity index (χ4n) is 7.02. The number of anilines is 1. The summed E-state index contributed by atoms with van der Waals surface area (Å²) < 4.78 is 54.2. The second-order valence-corrected chi connectivity index (χ2v) is 12.4. The van der Waals surface area contributed by atoms with E-state index in [0.717, 1.165) is 0 Å². The van der Waals surface area contributed by atoms with Gasteiger partial charge in [-0.05, 0) is 57.5 Å². The van der Waals surface area contributed by atoms with Crippen molar-refractivity contribution >= 4 is 17.5 Å². The fraction of sp³-hybridized carbons (Fsp3) is 0.625. The maximum atomic E-state index is 14.2. The largest absolute Gasteiger partial charge is 0.477 e. The highest BCUT2D eigenvalue weighted by atomic mass is 19.4. The van der Waals surface area contributed by atoms with Gasteiger partial charge in [0.25, 0.3) is 5.91 Å². The van der Waals surface area contributed by atoms with E-state index in [9.17, 15) is 22.8 Å². The molecule has 1 aliphatic carbocycles. The number of piperazine rings is 1. The normalized spacial score (nSPS) is 21.4. The van der Waals surface area contributed by atoms with E-state index in [2.05, 4.69) is 15.2 Å². The number of alkyl halides is 3. The van der Waals surface area contributed by atoms with E-state index in [1.165, 1.54) is 4.90 Å². The van der Waals surface area contributed by atoms with Crippen LogP contribution in [0.2, 0.25) is 0 Å². The Hall–Kier alpha value is -3.45. The van der Waals surface area contributed by atoms with Crippen LogP contribution in [0.25, 0.3) is 11.3 Å². The molecule has 1 N–H and O–H groups in total. The van der Waals surface area contributed by atoms with Gasteiger partial charge in [0.2, 0.25) is 11.8 Å². The highest BCUT2D eigenvalue weighted by Crippen LogP contribution is 2.52. The third-order valence-electron chi connectivity index (χ3n) is 9.50. The van der Waals surface area contributed by atoms with Crippen molar-refractivity contribution in [3.8, 4) is 17.1 Å². The Balaban J connectivity index is 1.45. The SMILES string of the molecule is CCOc1ncccc1-c1ccc(N2CCN(C(=O)C3(C(F)(F)F)CCCC3)C[C@H]2CC)c(C(=O)NCC2(OC)CN(C)C2)n1. The van der Waals surface area contributed by atoms with Crippen molar-refractivity contribution in [1.82, 2.24) is 25.1 Å². The van der Waals surface area contributed by atoms with Gasteiger partial charge in [0, 0.05) is 58.6 Å². The van der Waals surface area contributed by atoms with Gasteiger partial charge in [-0.25, -0.2) is 9.97 Å². The first kappa shape index (κ1) is 32.9. The Morgan fingerprint density at radius 3 is 2.47 bits per heavy atom. The predicted octanol–water partition coefficient (Wildman–Crippen LogP) is 4.15. The average molecular weight is 633 g/mol. The summed E-state index contributed by atoms with van der Waals surface area (Å²) >= 11 is 0. The third kappa shape index (κ3) is 6.33. The molecule has 2 amide bonds. The molecule has 3 fully saturated rings. The van der Waals surface area contributed by atoms with Crippen molar-refractivity contribution in [2.45, 2.75) is 63.8 Å². The number of carbonyl (C=O) groups excluding carboxylic acids is 2. The number of ether oxygens (including phenoxy) is 2. The number of hydrogen-bond acceptors (Lipinski definition) is 8. The van der Waals surface area contributed by atoms with Gasteiger partial charge in [0.05, 0.1) is 23.6 Å². The maximum Gasteiger partial charge on any atom is 0.403 e. The van der Waals surface area contributed by atoms with Gasteiger partial charge in [-0.3, -0.25) is 9.59 Å². The Morgan fingerprint density at radius 1 is 1.11 bits per heavy atom. The van der Waals surface area contributed by atoms with Crippen molar-refractivity contribution in [1.29, 1.82) is 0 Å². The number of likely N-dealkylation sites (N-methyl/N-ethyl adjacent to an activating group) is 1. The maximum absolute atomic E-state index is 14.2. The van der Waals surface area contributed by atoms with E-state index in [-0.39, 0.29) is 50.8 Å². The Kier molecular flexibility index (Phi) is 9.60. The molecule has 2 aromatic rings. The number of methoxy groups -OCH3 is 1. The van der Waals surface area contributed by atoms with Gasteiger partial charge in [-0.1, -0.05) is 19.8 Å². The average Bonchev–Trinajstić information content (AvgIpc) is 3.54. The zero-order valence-corrected chi connectivity index (χ0v) is 26.5. The predicted molar refractivity (Wildman–Crippen MR) is 163 cm³/mol. The second-order valence-electron chi connectivity index (χ2n) is 12.4. The molecule has 45 heavy (non-hydrogen) atoms. The van der Waals surface area contributed by atoms with Crippen molar-refractivity contribution in [3.05, 3.63) is 36.2 Å². The van der Waals surface area contributed by atoms with Gasteiger partial charge in [-0.15, -0.1) is 0 Å². The van der Waals surface area contributed by atoms with Crippen LogP contribution in [0, 0.1) is 5.41 Å². The number of pyridine rings is 2. The number of likely N-dealkylation sites (tertiary alicyclic amines) is 1. The van der Waals surface area contributed by atoms with Crippen LogP contribution in [0.4, 0.5) is 18.9 Å². The monoisotopic (exact) mass is 632 g/mol. The molecule has 1 saturated carbocycles. The minimum Gasteiger partial charge on any atom is -0.477 e. The zero-order valence-electron chi connectivity index (χ0n) is 26.5. The van der Waals surface area contributed by atoms with Crippen LogP contribution in [0.1, 0.15) is 56.4 Å². The van der Waals surface area contributed by atoms with Gasteiger partial charge in [0.1, 0.15) is 11.0 Å². The van der Waals surface area contributed by atoms with Crippen molar-refractivity contribution in [3.63, 3.8) is 0 Å². The lowest BCUT2D eigenvalue weighted by Crippen LogP contribution is -2.66. The molecule has 0 unspecified atom stereocenters. The number of halogens is 3. The topological polar surface area (TPSA) is 100 Å². The van der Waals surface area contributed by atoms with Crippen molar-refractivity contribution in [2.75, 3.05) is 64.9 Å². The molecule has 4 heterocycles. The minimum absolute atomic E-state index is 0.117. The minimum atomic E-state index is -4.59. The number of rotatable bonds is 10. The van der Waals surface area contributed by atoms with E-state index in [1.807, 2.05) is 37.9 Å². The summed E-state index contributed by atoms with van der Waals surface area (Å²) in [5, 5.41) is 3.01. The Labute approximate surface area is 262 Å². The molecule has 246 valence electrons. The van der Waals surface area contributed by atoms with Gasteiger partial charge in [-0.2, -0.15) is 13.2 Å². The standard InChI is InChI=1S/C32H43F3N6O4/c1-5-22-18-40(29(43)31(32(33,34)35)13-7-8-14-31)16-17-41(22)25-12-11-24(23-10-9-15-36-28(23)45-6-2)38-26(25)27(42)37-19-30(44-4)20-39(3)21-30/h9-12,15,22H,5-8,13-14,16-21H2,1-4H3,(H,37,42)/t22-/m1/s1. The summed E-state index contributed by atoms with van der Waals surface area (Å²) in [7, 11) is 3.60. The lowest BCUT2D eigenvalue weighted by molar-refractivity contribution is -0.226. The molecule has 2 aromatic heterocycles. The fourth-order valence-corrected chi connectivity index (χ4v) is 7.02. The van der Waals surface area contributed by atoms with Gasteiger partial charge < -0.3 is 29.5 Å². The van der Waals surface area contributed by atoms with Gasteiger partial charge >= 0.3 is 6.18 Å². The highest BCUT2D eigenvalue weighted by molar-refractivity contribution is 5.99. The molecular formula is C32H43F3N6O4. The number of nitrogens with zero attached hydrogens (tertiary/aromatic N) is 5. The van der Waals surface area contributed by atoms with Crippen LogP contribution >= 0.6 is 0 Å². The summed E-state index contributed by atoms with van der Waals surface area (Å²) in [6.45, 7) is 6.34. The van der Waals surface area contributed by atoms with E-state index in [0.29, 0.717) is 61.8 Å². The molecule has 0 radical (unpaired) electrons. The summed E-state index contributed by atoms with van der Waals surface area (Å²) in [4.78, 5) is 42.0. The molecule has 3 aliphatic rings. The quantitative estimate of drug-likeness (QED) is 0.417. The molecule has 13 heteroatoms. The molecule has 0 aromatic carbocycles. The smallest absolute Gasteiger partial charge is 0.403 e. The van der Waals surface area contributed by atoms with Crippen molar-refractivity contribution < 1.29 is 32.2 Å². The first-order valence-corrected chi connectivity index (χ1v) is 15.7. The van der Waals surface area contributed by atoms with E-state index < -0.39 is 29.0 Å². The Bertz CT molecular complexity index is 1380. The molecule has 5 rings (SSSR count). The number of aromatic nitrogens is 2. The number of carbonyl (C=O) groups is 2. The van der Waals surface area contributed by atoms with E-state index in [1.54, 1.807) is 25.4 Å². The molecular weight excluding hydrogens is 589 g/mol. The zero-order chi connectivity index (χ0) is 32.4. The summed E-state index contributed by atoms with van der Waals surface area (Å²) in [5.74, 6) is -0.825. The molecule has 0 bridgehead atoms. The molecule has 0 spiro atoms. The van der Waals surface area contributed by atoms with Crippen LogP contribution in [-0.2, 0) is 9.53 Å². The number of hydrogen-bond donors (Lipinski definition) is 1.